The Bertz CT molecular complexity index is 1380. The van der Waals surface area contributed by atoms with E-state index in [0.29, 0.717) is 11.1 Å². The number of alkyl halides is 3. The van der Waals surface area contributed by atoms with Gasteiger partial charge in [-0.2, -0.15) is 13.2 Å². The molecule has 2 aromatic rings. The van der Waals surface area contributed by atoms with Crippen molar-refractivity contribution >= 4 is 31.7 Å². The molecule has 240 valence electrons. The lowest BCUT2D eigenvalue weighted by molar-refractivity contribution is -0.287. The molecule has 2 N–H and O–H groups in total. The summed E-state index contributed by atoms with van der Waals surface area (Å²) in [5.74, 6) is -2.55. The van der Waals surface area contributed by atoms with Crippen LogP contribution in [0.4, 0.5) is 13.2 Å². The number of hydrogen-bond donors (Lipinski definition) is 2. The lowest BCUT2D eigenvalue weighted by Crippen LogP contribution is -2.72. The average molecular weight is 634 g/mol. The van der Waals surface area contributed by atoms with Crippen molar-refractivity contribution in [3.05, 3.63) is 78.0 Å². The van der Waals surface area contributed by atoms with Crippen LogP contribution in [0.15, 0.2) is 66.9 Å². The van der Waals surface area contributed by atoms with Crippen LogP contribution in [-0.4, -0.2) is 71.0 Å². The molecule has 8 nitrogen and oxygen atoms in total. The number of halogens is 3. The number of rotatable bonds is 9. The summed E-state index contributed by atoms with van der Waals surface area (Å²) in [4.78, 5) is 42.0. The summed E-state index contributed by atoms with van der Waals surface area (Å²) in [6.07, 6.45) is -5.49. The van der Waals surface area contributed by atoms with Crippen molar-refractivity contribution in [1.82, 2.24) is 15.1 Å². The minimum absolute atomic E-state index is 0.0458. The van der Waals surface area contributed by atoms with Crippen LogP contribution in [0.5, 0.6) is 0 Å². The molecule has 0 bridgehead atoms. The first kappa shape index (κ1) is 35.0. The highest BCUT2D eigenvalue weighted by Gasteiger charge is 2.63. The van der Waals surface area contributed by atoms with Crippen molar-refractivity contribution in [2.45, 2.75) is 96.2 Å². The summed E-state index contributed by atoms with van der Waals surface area (Å²) in [6.45, 7) is 13.7. The first-order chi connectivity index (χ1) is 20.2. The summed E-state index contributed by atoms with van der Waals surface area (Å²) < 4.78 is 51.3. The predicted octanol–water partition coefficient (Wildman–Crippen LogP) is 5.45. The fraction of sp³-hybridized carbons (Fsp3) is 0.469. The lowest BCUT2D eigenvalue weighted by Gasteiger charge is -2.50. The van der Waals surface area contributed by atoms with Crippen LogP contribution in [0.3, 0.4) is 0 Å². The summed E-state index contributed by atoms with van der Waals surface area (Å²) in [5.41, 5.74) is -3.21. The molecular weight excluding hydrogens is 591 g/mol. The van der Waals surface area contributed by atoms with Gasteiger partial charge in [-0.05, 0) is 42.6 Å². The van der Waals surface area contributed by atoms with Crippen molar-refractivity contribution in [2.24, 2.45) is 0 Å². The summed E-state index contributed by atoms with van der Waals surface area (Å²) in [6, 6.07) is 12.8. The number of hydrogen-bond acceptors (Lipinski definition) is 5. The van der Waals surface area contributed by atoms with Crippen LogP contribution < -0.4 is 5.32 Å². The van der Waals surface area contributed by atoms with Crippen LogP contribution in [0, 0.1) is 0 Å². The second-order valence-corrected chi connectivity index (χ2v) is 17.5. The molecule has 3 rings (SSSR count). The molecule has 1 aliphatic heterocycles. The third-order valence-corrected chi connectivity index (χ3v) is 12.9. The van der Waals surface area contributed by atoms with Crippen LogP contribution in [0.2, 0.25) is 18.1 Å². The zero-order valence-corrected chi connectivity index (χ0v) is 27.4. The van der Waals surface area contributed by atoms with E-state index >= 15 is 0 Å². The van der Waals surface area contributed by atoms with Gasteiger partial charge < -0.3 is 19.7 Å². The van der Waals surface area contributed by atoms with Crippen LogP contribution >= 0.6 is 0 Å². The predicted molar refractivity (Wildman–Crippen MR) is 164 cm³/mol. The fourth-order valence-electron chi connectivity index (χ4n) is 5.09. The molecule has 12 heteroatoms. The largest absolute Gasteiger partial charge is 0.438 e. The molecule has 3 amide bonds. The molecule has 2 aromatic carbocycles. The van der Waals surface area contributed by atoms with Crippen molar-refractivity contribution in [3.63, 3.8) is 0 Å². The molecule has 0 radical (unpaired) electrons. The Kier molecular flexibility index (Phi) is 10.2. The van der Waals surface area contributed by atoms with E-state index in [4.69, 9.17) is 4.43 Å². The van der Waals surface area contributed by atoms with Gasteiger partial charge in [0.15, 0.2) is 8.32 Å². The fourth-order valence-corrected chi connectivity index (χ4v) is 6.50. The van der Waals surface area contributed by atoms with Gasteiger partial charge >= 0.3 is 6.18 Å². The first-order valence-electron chi connectivity index (χ1n) is 14.4. The SMILES string of the molecule is CC(=O)NC(O)(C(Cc1ccccc1)N1C(=O)C(C(C)O[Si](C)(C)C(C)(C)C)N(C(C)=O)C=C1c1ccccc1)C(F)(F)F. The molecule has 0 saturated heterocycles. The van der Waals surface area contributed by atoms with E-state index in [0.717, 1.165) is 11.8 Å². The molecule has 1 aliphatic rings. The second-order valence-electron chi connectivity index (χ2n) is 12.7. The molecule has 0 fully saturated rings. The minimum atomic E-state index is -5.41. The summed E-state index contributed by atoms with van der Waals surface area (Å²) in [5, 5.41) is 12.9. The molecule has 1 heterocycles. The van der Waals surface area contributed by atoms with Crippen molar-refractivity contribution in [2.75, 3.05) is 0 Å². The maximum absolute atomic E-state index is 14.9. The normalized spacial score (nSPS) is 19.1. The molecule has 44 heavy (non-hydrogen) atoms. The average Bonchev–Trinajstić information content (AvgIpc) is 2.90. The number of nitrogens with zero attached hydrogens (tertiary/aromatic N) is 2. The van der Waals surface area contributed by atoms with Crippen molar-refractivity contribution in [3.8, 4) is 0 Å². The van der Waals surface area contributed by atoms with Crippen molar-refractivity contribution < 1.29 is 37.1 Å². The van der Waals surface area contributed by atoms with E-state index in [1.165, 1.54) is 18.0 Å². The number of carbonyl (C=O) groups is 3. The third-order valence-electron chi connectivity index (χ3n) is 8.34. The van der Waals surface area contributed by atoms with Gasteiger partial charge in [0.2, 0.25) is 11.8 Å². The number of amides is 3. The minimum Gasteiger partial charge on any atom is -0.412 e. The monoisotopic (exact) mass is 633 g/mol. The van der Waals surface area contributed by atoms with Gasteiger partial charge in [-0.25, -0.2) is 0 Å². The van der Waals surface area contributed by atoms with E-state index in [9.17, 15) is 32.7 Å². The summed E-state index contributed by atoms with van der Waals surface area (Å²) in [7, 11) is -2.54. The number of benzene rings is 2. The Morgan fingerprint density at radius 1 is 1.00 bits per heavy atom. The van der Waals surface area contributed by atoms with E-state index in [-0.39, 0.29) is 10.7 Å². The lowest BCUT2D eigenvalue weighted by atomic mass is 9.90. The number of aliphatic hydroxyl groups is 1. The molecule has 0 spiro atoms. The Morgan fingerprint density at radius 3 is 1.98 bits per heavy atom. The Balaban J connectivity index is 2.35. The molecule has 4 atom stereocenters. The summed E-state index contributed by atoms with van der Waals surface area (Å²) >= 11 is 0. The van der Waals surface area contributed by atoms with Crippen molar-refractivity contribution in [1.29, 1.82) is 0 Å². The van der Waals surface area contributed by atoms with E-state index in [1.54, 1.807) is 72.9 Å². The molecule has 4 unspecified atom stereocenters. The van der Waals surface area contributed by atoms with Gasteiger partial charge in [-0.1, -0.05) is 81.4 Å². The van der Waals surface area contributed by atoms with Crippen LogP contribution in [0.1, 0.15) is 52.7 Å². The Labute approximate surface area is 258 Å². The van der Waals surface area contributed by atoms with E-state index in [2.05, 4.69) is 0 Å². The van der Waals surface area contributed by atoms with Crippen LogP contribution in [-0.2, 0) is 25.2 Å². The highest BCUT2D eigenvalue weighted by Crippen LogP contribution is 2.42. The van der Waals surface area contributed by atoms with Gasteiger partial charge in [0, 0.05) is 20.0 Å². The van der Waals surface area contributed by atoms with Gasteiger partial charge in [0.25, 0.3) is 11.6 Å². The maximum Gasteiger partial charge on any atom is 0.438 e. The third kappa shape index (κ3) is 7.24. The first-order valence-corrected chi connectivity index (χ1v) is 17.3. The number of carbonyl (C=O) groups excluding carboxylic acids is 3. The zero-order chi connectivity index (χ0) is 33.3. The molecule has 0 aliphatic carbocycles. The van der Waals surface area contributed by atoms with Crippen LogP contribution in [0.25, 0.3) is 5.70 Å². The second kappa shape index (κ2) is 12.9. The quantitative estimate of drug-likeness (QED) is 0.283. The smallest absolute Gasteiger partial charge is 0.412 e. The standard InChI is InChI=1S/C32H42F3N3O5Si/c1-21(43-44(7,8)30(4,5)6)28-29(41)38(26(20-37(28)23(3)40)25-17-13-10-14-18-25)27(19-24-15-11-9-12-16-24)31(42,32(33,34)35)36-22(2)39/h9-18,20-21,27-28,42H,19H2,1-8H3,(H,36,39). The molecule has 0 saturated carbocycles. The maximum atomic E-state index is 14.9. The Morgan fingerprint density at radius 2 is 1.52 bits per heavy atom. The highest BCUT2D eigenvalue weighted by atomic mass is 28.4. The van der Waals surface area contributed by atoms with Gasteiger partial charge in [-0.3, -0.25) is 19.3 Å². The zero-order valence-electron chi connectivity index (χ0n) is 26.4. The molecular formula is C32H42F3N3O5Si. The number of nitrogens with one attached hydrogen (secondary N) is 1. The van der Waals surface area contributed by atoms with Gasteiger partial charge in [0.05, 0.1) is 17.8 Å². The van der Waals surface area contributed by atoms with Gasteiger partial charge in [-0.15, -0.1) is 0 Å². The van der Waals surface area contributed by atoms with Gasteiger partial charge in [0.1, 0.15) is 6.04 Å². The highest BCUT2D eigenvalue weighted by molar-refractivity contribution is 6.74. The van der Waals surface area contributed by atoms with E-state index < -0.39 is 62.5 Å². The Hall–Kier alpha value is -3.48. The topological polar surface area (TPSA) is 99.2 Å². The molecule has 0 aromatic heterocycles. The van der Waals surface area contributed by atoms with E-state index in [1.807, 2.05) is 33.9 Å².